The topological polar surface area (TPSA) is 108 Å². The van der Waals surface area contributed by atoms with Crippen molar-refractivity contribution in [3.8, 4) is 0 Å². The van der Waals surface area contributed by atoms with E-state index in [0.717, 1.165) is 122 Å². The predicted molar refractivity (Wildman–Crippen MR) is 380 cm³/mol. The molecule has 0 aromatic carbocycles. The fraction of sp³-hybridized carbons (Fsp3) is 0.654. The standard InChI is InChI=1S/C78H133N2O6P/c1-6-8-10-12-14-16-18-20-22-24-26-28-30-32-33-34-35-36-37-38-39-40-41-42-43-44-45-46-47-48-50-52-54-56-58-60-62-64-66-68-70-72-78(82)79-76(75-86-87(83,84)85-74-73-80(3,4)5)77(81)71-69-67-65-63-61-59-57-55-53-51-49-31-29-27-25-23-21-19-17-15-13-11-9-7-2/h8,10,14,16,20,22,26,28,32-33,35-36,38-39,41-42,44-45,47-48,52,54,61,63,69,71,76-77,81H,6-7,9,11-13,15,17-19,21,23-25,27,29-31,34,37,40,43,46,49-51,53,55-60,62,64-68,70,72-75H2,1-5H3,(H-,79,82,83,84)/b10-8-,16-14-,22-20-,28-26-,33-32-,36-35-,39-38-,42-41-,45-44-,48-47-,54-52-,63-61+,71-69+. The third kappa shape index (κ3) is 69.5. The minimum Gasteiger partial charge on any atom is -0.756 e. The molecule has 1 amide bonds. The molecule has 0 heterocycles. The van der Waals surface area contributed by atoms with E-state index in [0.29, 0.717) is 17.4 Å². The van der Waals surface area contributed by atoms with Crippen LogP contribution in [0.1, 0.15) is 277 Å². The summed E-state index contributed by atoms with van der Waals surface area (Å²) in [7, 11) is 1.22. The summed E-state index contributed by atoms with van der Waals surface area (Å²) in [6.45, 7) is 4.51. The molecule has 0 fully saturated rings. The Morgan fingerprint density at radius 1 is 0.414 bits per heavy atom. The minimum atomic E-state index is -4.63. The van der Waals surface area contributed by atoms with Crippen molar-refractivity contribution in [3.63, 3.8) is 0 Å². The number of hydrogen-bond acceptors (Lipinski definition) is 6. The number of likely N-dealkylation sites (N-methyl/N-ethyl adjacent to an activating group) is 1. The highest BCUT2D eigenvalue weighted by molar-refractivity contribution is 7.45. The van der Waals surface area contributed by atoms with Gasteiger partial charge in [-0.3, -0.25) is 9.36 Å². The Bertz CT molecular complexity index is 1980. The fourth-order valence-corrected chi connectivity index (χ4v) is 10.3. The van der Waals surface area contributed by atoms with Crippen molar-refractivity contribution >= 4 is 13.7 Å². The summed E-state index contributed by atoms with van der Waals surface area (Å²) in [5.74, 6) is -0.223. The van der Waals surface area contributed by atoms with E-state index in [-0.39, 0.29) is 12.5 Å². The Morgan fingerprint density at radius 2 is 0.713 bits per heavy atom. The maximum atomic E-state index is 13.0. The number of nitrogens with zero attached hydrogens (tertiary/aromatic N) is 1. The smallest absolute Gasteiger partial charge is 0.268 e. The Balaban J connectivity index is 4.19. The number of allylic oxidation sites excluding steroid dienone is 25. The van der Waals surface area contributed by atoms with Crippen molar-refractivity contribution in [1.82, 2.24) is 5.32 Å². The summed E-state index contributed by atoms with van der Waals surface area (Å²) in [4.78, 5) is 25.6. The molecule has 87 heavy (non-hydrogen) atoms. The van der Waals surface area contributed by atoms with E-state index < -0.39 is 26.6 Å². The monoisotopic (exact) mass is 1220 g/mol. The number of phosphoric ester groups is 1. The maximum absolute atomic E-state index is 13.0. The minimum absolute atomic E-state index is 0.0163. The molecule has 0 aromatic heterocycles. The fourth-order valence-electron chi connectivity index (χ4n) is 9.53. The number of rotatable bonds is 63. The van der Waals surface area contributed by atoms with E-state index in [1.54, 1.807) is 6.08 Å². The zero-order valence-corrected chi connectivity index (χ0v) is 57.6. The van der Waals surface area contributed by atoms with Crippen LogP contribution in [0.2, 0.25) is 0 Å². The van der Waals surface area contributed by atoms with E-state index in [1.165, 1.54) is 135 Å². The van der Waals surface area contributed by atoms with Crippen LogP contribution in [0, 0.1) is 0 Å². The van der Waals surface area contributed by atoms with E-state index in [2.05, 4.69) is 165 Å². The predicted octanol–water partition coefficient (Wildman–Crippen LogP) is 22.3. The van der Waals surface area contributed by atoms with Gasteiger partial charge in [-0.05, 0) is 116 Å². The molecule has 0 radical (unpaired) electrons. The lowest BCUT2D eigenvalue weighted by atomic mass is 10.0. The van der Waals surface area contributed by atoms with Gasteiger partial charge in [0.25, 0.3) is 7.82 Å². The van der Waals surface area contributed by atoms with Crippen LogP contribution in [-0.2, 0) is 18.4 Å². The summed E-state index contributed by atoms with van der Waals surface area (Å²) in [6.07, 6.45) is 104. The number of quaternary nitrogens is 1. The Kier molecular flexibility index (Phi) is 63.6. The Labute approximate surface area is 537 Å². The summed E-state index contributed by atoms with van der Waals surface area (Å²) < 4.78 is 23.4. The number of amides is 1. The molecule has 0 saturated heterocycles. The van der Waals surface area contributed by atoms with E-state index in [1.807, 2.05) is 27.2 Å². The molecule has 2 N–H and O–H groups in total. The lowest BCUT2D eigenvalue weighted by molar-refractivity contribution is -0.870. The summed E-state index contributed by atoms with van der Waals surface area (Å²) in [5, 5.41) is 13.9. The first-order valence-corrected chi connectivity index (χ1v) is 36.8. The highest BCUT2D eigenvalue weighted by Crippen LogP contribution is 2.38. The molecule has 0 aliphatic carbocycles. The third-order valence-corrected chi connectivity index (χ3v) is 15.9. The van der Waals surface area contributed by atoms with Crippen molar-refractivity contribution in [3.05, 3.63) is 158 Å². The van der Waals surface area contributed by atoms with E-state index in [4.69, 9.17) is 9.05 Å². The van der Waals surface area contributed by atoms with Crippen LogP contribution in [0.3, 0.4) is 0 Å². The van der Waals surface area contributed by atoms with E-state index in [9.17, 15) is 19.4 Å². The van der Waals surface area contributed by atoms with Gasteiger partial charge >= 0.3 is 0 Å². The van der Waals surface area contributed by atoms with Crippen molar-refractivity contribution in [1.29, 1.82) is 0 Å². The number of phosphoric acid groups is 1. The number of carbonyl (C=O) groups excluding carboxylic acids is 1. The molecule has 3 unspecified atom stereocenters. The average Bonchev–Trinajstić information content (AvgIpc) is 3.71. The quantitative estimate of drug-likeness (QED) is 0.0272. The number of hydrogen-bond donors (Lipinski definition) is 2. The zero-order chi connectivity index (χ0) is 63.4. The normalized spacial score (nSPS) is 14.6. The van der Waals surface area contributed by atoms with Gasteiger partial charge in [-0.25, -0.2) is 0 Å². The van der Waals surface area contributed by atoms with Crippen molar-refractivity contribution in [2.45, 2.75) is 289 Å². The number of carbonyl (C=O) groups is 1. The molecule has 9 heteroatoms. The number of aliphatic hydroxyl groups is 1. The molecule has 0 spiro atoms. The van der Waals surface area contributed by atoms with Gasteiger partial charge in [-0.15, -0.1) is 0 Å². The van der Waals surface area contributed by atoms with Gasteiger partial charge in [0, 0.05) is 6.42 Å². The Hall–Kier alpha value is -3.88. The Morgan fingerprint density at radius 3 is 1.07 bits per heavy atom. The van der Waals surface area contributed by atoms with Crippen molar-refractivity contribution < 1.29 is 32.9 Å². The van der Waals surface area contributed by atoms with Crippen LogP contribution in [0.15, 0.2) is 158 Å². The number of nitrogens with one attached hydrogen (secondary N) is 1. The molecule has 0 saturated carbocycles. The van der Waals surface area contributed by atoms with Gasteiger partial charge in [0.05, 0.1) is 39.9 Å². The summed E-state index contributed by atoms with van der Waals surface area (Å²) in [5.41, 5.74) is 0. The second kappa shape index (κ2) is 66.5. The second-order valence-corrected chi connectivity index (χ2v) is 25.9. The largest absolute Gasteiger partial charge is 0.756 e. The lowest BCUT2D eigenvalue weighted by Crippen LogP contribution is -2.45. The van der Waals surface area contributed by atoms with Crippen LogP contribution >= 0.6 is 7.82 Å². The molecule has 496 valence electrons. The van der Waals surface area contributed by atoms with Crippen LogP contribution in [0.5, 0.6) is 0 Å². The first-order valence-electron chi connectivity index (χ1n) is 35.3. The van der Waals surface area contributed by atoms with E-state index >= 15 is 0 Å². The van der Waals surface area contributed by atoms with Crippen LogP contribution in [-0.4, -0.2) is 68.5 Å². The molecule has 0 bridgehead atoms. The number of unbranched alkanes of at least 4 members (excludes halogenated alkanes) is 26. The second-order valence-electron chi connectivity index (χ2n) is 24.5. The molecule has 0 aliphatic heterocycles. The van der Waals surface area contributed by atoms with Crippen LogP contribution in [0.4, 0.5) is 0 Å². The SMILES string of the molecule is CC/C=C\C/C=C\C/C=C\C/C=C\C/C=C\C/C=C\C/C=C\C/C=C\C/C=C\C/C=C\C/C=C\CCCCCCCCCC(=O)NC(COP(=O)([O-])OCC[N+](C)(C)C)C(O)/C=C/CC/C=C/CCCCCCCCCCCCCCCCCCCC. The van der Waals surface area contributed by atoms with Gasteiger partial charge in [0.15, 0.2) is 0 Å². The highest BCUT2D eigenvalue weighted by Gasteiger charge is 2.23. The summed E-state index contributed by atoms with van der Waals surface area (Å²) >= 11 is 0. The molecule has 3 atom stereocenters. The highest BCUT2D eigenvalue weighted by atomic mass is 31.2. The van der Waals surface area contributed by atoms with Crippen molar-refractivity contribution in [2.24, 2.45) is 0 Å². The van der Waals surface area contributed by atoms with Gasteiger partial charge in [0.1, 0.15) is 13.2 Å². The zero-order valence-electron chi connectivity index (χ0n) is 56.7. The van der Waals surface area contributed by atoms with Crippen LogP contribution < -0.4 is 10.2 Å². The molecule has 8 nitrogen and oxygen atoms in total. The van der Waals surface area contributed by atoms with Gasteiger partial charge < -0.3 is 28.8 Å². The van der Waals surface area contributed by atoms with Gasteiger partial charge in [-0.2, -0.15) is 0 Å². The molecule has 0 aliphatic rings. The lowest BCUT2D eigenvalue weighted by Gasteiger charge is -2.29. The van der Waals surface area contributed by atoms with Gasteiger partial charge in [0.2, 0.25) is 5.91 Å². The summed E-state index contributed by atoms with van der Waals surface area (Å²) in [6, 6.07) is -0.922. The molecular formula is C78H133N2O6P. The van der Waals surface area contributed by atoms with Crippen molar-refractivity contribution in [2.75, 3.05) is 40.9 Å². The van der Waals surface area contributed by atoms with Crippen LogP contribution in [0.25, 0.3) is 0 Å². The number of aliphatic hydroxyl groups excluding tert-OH is 1. The van der Waals surface area contributed by atoms with Gasteiger partial charge in [-0.1, -0.05) is 313 Å². The third-order valence-electron chi connectivity index (χ3n) is 15.0. The molecule has 0 aromatic rings. The first kappa shape index (κ1) is 83.1. The maximum Gasteiger partial charge on any atom is 0.268 e. The molecule has 0 rings (SSSR count). The molecular weight excluding hydrogens is 1090 g/mol. The average molecular weight is 1230 g/mol. The first-order chi connectivity index (χ1) is 42.5.